The number of benzene rings is 3. The van der Waals surface area contributed by atoms with E-state index in [4.69, 9.17) is 25.8 Å². The molecule has 1 aliphatic heterocycles. The van der Waals surface area contributed by atoms with Gasteiger partial charge in [-0.05, 0) is 102 Å². The van der Waals surface area contributed by atoms with E-state index in [-0.39, 0.29) is 30.0 Å². The number of nitrogens with zero attached hydrogens (tertiary/aromatic N) is 1. The molecule has 206 valence electrons. The topological polar surface area (TPSA) is 111 Å². The van der Waals surface area contributed by atoms with Crippen LogP contribution >= 0.6 is 34.2 Å². The van der Waals surface area contributed by atoms with Gasteiger partial charge < -0.3 is 14.2 Å². The van der Waals surface area contributed by atoms with Crippen molar-refractivity contribution in [3.8, 4) is 11.5 Å². The van der Waals surface area contributed by atoms with Crippen LogP contribution in [0.5, 0.6) is 11.5 Å². The molecule has 1 aliphatic rings. The second kappa shape index (κ2) is 13.0. The Morgan fingerprint density at radius 2 is 1.68 bits per heavy atom. The van der Waals surface area contributed by atoms with Crippen LogP contribution in [0, 0.1) is 3.57 Å². The smallest absolute Gasteiger partial charge is 0.338 e. The summed E-state index contributed by atoms with van der Waals surface area (Å²) in [6.45, 7) is 4.37. The minimum Gasteiger partial charge on any atom is -0.490 e. The number of amides is 4. The zero-order chi connectivity index (χ0) is 28.8. The van der Waals surface area contributed by atoms with Crippen LogP contribution in [0.1, 0.15) is 35.3 Å². The average molecular weight is 675 g/mol. The van der Waals surface area contributed by atoms with Gasteiger partial charge >= 0.3 is 12.0 Å². The van der Waals surface area contributed by atoms with Crippen LogP contribution in [0.2, 0.25) is 5.02 Å². The second-order valence-corrected chi connectivity index (χ2v) is 10.0. The van der Waals surface area contributed by atoms with E-state index in [1.165, 1.54) is 30.3 Å². The first-order valence-corrected chi connectivity index (χ1v) is 13.7. The van der Waals surface area contributed by atoms with E-state index in [0.29, 0.717) is 32.3 Å². The van der Waals surface area contributed by atoms with Gasteiger partial charge in [0.2, 0.25) is 0 Å². The zero-order valence-electron chi connectivity index (χ0n) is 21.5. The first-order valence-electron chi connectivity index (χ1n) is 12.2. The van der Waals surface area contributed by atoms with E-state index >= 15 is 0 Å². The van der Waals surface area contributed by atoms with Crippen LogP contribution in [0.3, 0.4) is 0 Å². The molecule has 0 saturated carbocycles. The van der Waals surface area contributed by atoms with Crippen molar-refractivity contribution in [3.05, 3.63) is 91.5 Å². The highest BCUT2D eigenvalue weighted by Gasteiger charge is 2.37. The number of hydrogen-bond acceptors (Lipinski definition) is 7. The minimum atomic E-state index is -0.897. The largest absolute Gasteiger partial charge is 0.490 e. The highest BCUT2D eigenvalue weighted by Crippen LogP contribution is 2.36. The van der Waals surface area contributed by atoms with E-state index in [9.17, 15) is 19.2 Å². The molecule has 0 aromatic heterocycles. The molecule has 4 amide bonds. The lowest BCUT2D eigenvalue weighted by Crippen LogP contribution is -2.54. The lowest BCUT2D eigenvalue weighted by Gasteiger charge is -2.26. The van der Waals surface area contributed by atoms with Crippen LogP contribution in [0.15, 0.2) is 66.2 Å². The molecule has 0 unspecified atom stereocenters. The number of halogens is 2. The van der Waals surface area contributed by atoms with Gasteiger partial charge in [0, 0.05) is 5.02 Å². The summed E-state index contributed by atoms with van der Waals surface area (Å²) in [6.07, 6.45) is 1.39. The predicted octanol–water partition coefficient (Wildman–Crippen LogP) is 5.77. The van der Waals surface area contributed by atoms with E-state index in [1.807, 2.05) is 19.1 Å². The van der Waals surface area contributed by atoms with Crippen molar-refractivity contribution in [2.24, 2.45) is 0 Å². The fourth-order valence-electron chi connectivity index (χ4n) is 3.83. The molecule has 1 heterocycles. The fourth-order valence-corrected chi connectivity index (χ4v) is 4.74. The second-order valence-electron chi connectivity index (χ2n) is 8.40. The van der Waals surface area contributed by atoms with Crippen molar-refractivity contribution in [3.63, 3.8) is 0 Å². The normalized spacial score (nSPS) is 14.2. The maximum atomic E-state index is 13.3. The molecule has 1 N–H and O–H groups in total. The number of carbonyl (C=O) groups is 4. The predicted molar refractivity (Wildman–Crippen MR) is 158 cm³/mol. The monoisotopic (exact) mass is 674 g/mol. The average Bonchev–Trinajstić information content (AvgIpc) is 2.92. The first kappa shape index (κ1) is 29.1. The first-order chi connectivity index (χ1) is 19.2. The Labute approximate surface area is 249 Å². The van der Waals surface area contributed by atoms with Gasteiger partial charge in [-0.3, -0.25) is 14.9 Å². The molecule has 1 fully saturated rings. The Morgan fingerprint density at radius 3 is 2.33 bits per heavy atom. The summed E-state index contributed by atoms with van der Waals surface area (Å²) in [6, 6.07) is 15.5. The minimum absolute atomic E-state index is 0.185. The number of nitrogens with one attached hydrogen (secondary N) is 1. The van der Waals surface area contributed by atoms with Gasteiger partial charge in [-0.25, -0.2) is 14.5 Å². The fraction of sp³-hybridized carbons (Fsp3) is 0.172. The zero-order valence-corrected chi connectivity index (χ0v) is 24.4. The lowest BCUT2D eigenvalue weighted by atomic mass is 10.1. The molecule has 0 radical (unpaired) electrons. The SMILES string of the molecule is CCOC(=O)c1ccc(N2C(=O)NC(=O)/C(=C\c3cc(I)c(OCc4ccc(Cl)cc4)c(OCC)c3)C2=O)cc1. The molecule has 0 aliphatic carbocycles. The summed E-state index contributed by atoms with van der Waals surface area (Å²) in [5, 5.41) is 2.82. The van der Waals surface area contributed by atoms with Crippen molar-refractivity contribution in [1.29, 1.82) is 0 Å². The number of imide groups is 2. The van der Waals surface area contributed by atoms with Crippen LogP contribution < -0.4 is 19.7 Å². The molecule has 0 bridgehead atoms. The van der Waals surface area contributed by atoms with Crippen molar-refractivity contribution in [2.75, 3.05) is 18.1 Å². The summed E-state index contributed by atoms with van der Waals surface area (Å²) in [7, 11) is 0. The Morgan fingerprint density at radius 1 is 0.975 bits per heavy atom. The molecule has 3 aromatic rings. The molecule has 4 rings (SSSR count). The van der Waals surface area contributed by atoms with Crippen LogP contribution in [-0.2, 0) is 20.9 Å². The molecular formula is C29H24ClIN2O7. The van der Waals surface area contributed by atoms with Crippen molar-refractivity contribution in [2.45, 2.75) is 20.5 Å². The van der Waals surface area contributed by atoms with Gasteiger partial charge in [0.1, 0.15) is 12.2 Å². The number of carbonyl (C=O) groups excluding carboxylic acids is 4. The third kappa shape index (κ3) is 6.62. The maximum absolute atomic E-state index is 13.3. The maximum Gasteiger partial charge on any atom is 0.338 e. The summed E-state index contributed by atoms with van der Waals surface area (Å²) in [5.74, 6) is -1.22. The molecular weight excluding hydrogens is 651 g/mol. The van der Waals surface area contributed by atoms with Gasteiger partial charge in [-0.2, -0.15) is 0 Å². The Kier molecular flexibility index (Phi) is 9.43. The standard InChI is InChI=1S/C29H24ClIN2O7/c1-3-38-24-15-18(14-23(31)25(24)40-16-17-5-9-20(30)10-6-17)13-22-26(34)32-29(37)33(27(22)35)21-11-7-19(8-12-21)28(36)39-4-2/h5-15H,3-4,16H2,1-2H3,(H,32,34,37)/b22-13+. The molecule has 11 heteroatoms. The van der Waals surface area contributed by atoms with Crippen LogP contribution in [-0.4, -0.2) is 37.0 Å². The van der Waals surface area contributed by atoms with Crippen molar-refractivity contribution >= 4 is 69.8 Å². The Balaban J connectivity index is 1.62. The molecule has 40 heavy (non-hydrogen) atoms. The molecule has 3 aromatic carbocycles. The van der Waals surface area contributed by atoms with E-state index in [2.05, 4.69) is 27.9 Å². The number of esters is 1. The summed E-state index contributed by atoms with van der Waals surface area (Å²) >= 11 is 8.05. The summed E-state index contributed by atoms with van der Waals surface area (Å²) < 4.78 is 17.5. The number of hydrogen-bond donors (Lipinski definition) is 1. The van der Waals surface area contributed by atoms with Crippen molar-refractivity contribution < 1.29 is 33.4 Å². The van der Waals surface area contributed by atoms with Gasteiger partial charge in [0.05, 0.1) is 28.0 Å². The quantitative estimate of drug-likeness (QED) is 0.133. The number of ether oxygens (including phenoxy) is 3. The van der Waals surface area contributed by atoms with Gasteiger partial charge in [0.25, 0.3) is 11.8 Å². The third-order valence-electron chi connectivity index (χ3n) is 5.68. The lowest BCUT2D eigenvalue weighted by molar-refractivity contribution is -0.122. The van der Waals surface area contributed by atoms with E-state index in [0.717, 1.165) is 10.5 Å². The molecule has 0 atom stereocenters. The summed E-state index contributed by atoms with van der Waals surface area (Å²) in [4.78, 5) is 51.4. The molecule has 9 nitrogen and oxygen atoms in total. The Bertz CT molecular complexity index is 1490. The Hall–Kier alpha value is -3.90. The molecule has 1 saturated heterocycles. The van der Waals surface area contributed by atoms with Crippen LogP contribution in [0.25, 0.3) is 6.08 Å². The summed E-state index contributed by atoms with van der Waals surface area (Å²) in [5.41, 5.74) is 1.61. The van der Waals surface area contributed by atoms with Gasteiger partial charge in [-0.15, -0.1) is 0 Å². The highest BCUT2D eigenvalue weighted by molar-refractivity contribution is 14.1. The molecule has 0 spiro atoms. The third-order valence-corrected chi connectivity index (χ3v) is 6.73. The van der Waals surface area contributed by atoms with E-state index < -0.39 is 23.8 Å². The number of barbiturate groups is 1. The van der Waals surface area contributed by atoms with Crippen molar-refractivity contribution in [1.82, 2.24) is 5.32 Å². The van der Waals surface area contributed by atoms with E-state index in [1.54, 1.807) is 31.2 Å². The highest BCUT2D eigenvalue weighted by atomic mass is 127. The van der Waals surface area contributed by atoms with Crippen LogP contribution in [0.4, 0.5) is 10.5 Å². The van der Waals surface area contributed by atoms with Gasteiger partial charge in [-0.1, -0.05) is 23.7 Å². The number of anilines is 1. The number of urea groups is 1. The number of rotatable bonds is 9. The van der Waals surface area contributed by atoms with Gasteiger partial charge in [0.15, 0.2) is 11.5 Å².